The normalized spacial score (nSPS) is 12.6. The van der Waals surface area contributed by atoms with Gasteiger partial charge in [-0.1, -0.05) is 98.4 Å². The largest absolute Gasteiger partial charge is 0.325 e. The molecule has 33 heavy (non-hydrogen) atoms. The van der Waals surface area contributed by atoms with Crippen molar-refractivity contribution in [3.8, 4) is 0 Å². The summed E-state index contributed by atoms with van der Waals surface area (Å²) in [7, 11) is 0. The first kappa shape index (κ1) is 27.5. The lowest BCUT2D eigenvalue weighted by molar-refractivity contribution is -0.115. The predicted octanol–water partition coefficient (Wildman–Crippen LogP) is 8.74. The number of aryl methyl sites for hydroxylation is 3. The fourth-order valence-electron chi connectivity index (χ4n) is 4.16. The minimum Gasteiger partial charge on any atom is -0.325 e. The molecule has 0 heterocycles. The minimum absolute atomic E-state index is 0.0809. The molecule has 0 aliphatic carbocycles. The van der Waals surface area contributed by atoms with E-state index in [9.17, 15) is 4.79 Å². The van der Waals surface area contributed by atoms with Crippen molar-refractivity contribution < 1.29 is 4.79 Å². The van der Waals surface area contributed by atoms with Crippen LogP contribution in [-0.4, -0.2) is 11.2 Å². The van der Waals surface area contributed by atoms with E-state index in [1.807, 2.05) is 0 Å². The molecule has 3 heteroatoms. The molecule has 0 saturated heterocycles. The Morgan fingerprint density at radius 2 is 1.48 bits per heavy atom. The molecule has 0 bridgehead atoms. The Balaban J connectivity index is 2.25. The van der Waals surface area contributed by atoms with Gasteiger partial charge >= 0.3 is 0 Å². The molecule has 1 unspecified atom stereocenters. The van der Waals surface area contributed by atoms with Crippen LogP contribution in [0.2, 0.25) is 0 Å². The smallest absolute Gasteiger partial charge is 0.237 e. The molecule has 182 valence electrons. The minimum atomic E-state index is -0.0809. The van der Waals surface area contributed by atoms with Crippen molar-refractivity contribution in [2.45, 2.75) is 115 Å². The second-order valence-corrected chi connectivity index (χ2v) is 11.3. The SMILES string of the molecule is CCCCCCC(Sc1ccc(C(C)(C)C)cc1)C(=O)Nc1c(CC)cc(CC)cc1CC. The van der Waals surface area contributed by atoms with Gasteiger partial charge in [0.25, 0.3) is 0 Å². The van der Waals surface area contributed by atoms with Crippen molar-refractivity contribution >= 4 is 23.4 Å². The quantitative estimate of drug-likeness (QED) is 0.250. The zero-order chi connectivity index (χ0) is 24.4. The summed E-state index contributed by atoms with van der Waals surface area (Å²) in [4.78, 5) is 14.7. The highest BCUT2D eigenvalue weighted by molar-refractivity contribution is 8.00. The van der Waals surface area contributed by atoms with Crippen LogP contribution in [0.15, 0.2) is 41.3 Å². The van der Waals surface area contributed by atoms with Crippen molar-refractivity contribution in [3.63, 3.8) is 0 Å². The molecular formula is C30H45NOS. The first-order valence-corrected chi connectivity index (χ1v) is 13.8. The van der Waals surface area contributed by atoms with Gasteiger partial charge < -0.3 is 5.32 Å². The van der Waals surface area contributed by atoms with Crippen LogP contribution in [0.25, 0.3) is 0 Å². The van der Waals surface area contributed by atoms with E-state index in [0.717, 1.165) is 37.8 Å². The molecule has 2 rings (SSSR count). The Hall–Kier alpha value is -1.74. The molecular weight excluding hydrogens is 422 g/mol. The van der Waals surface area contributed by atoms with Gasteiger partial charge in [0.15, 0.2) is 0 Å². The summed E-state index contributed by atoms with van der Waals surface area (Å²) in [5.74, 6) is 0.144. The lowest BCUT2D eigenvalue weighted by atomic mass is 9.87. The molecule has 0 aliphatic rings. The second kappa shape index (κ2) is 13.2. The van der Waals surface area contributed by atoms with E-state index in [-0.39, 0.29) is 16.6 Å². The first-order chi connectivity index (χ1) is 15.7. The number of hydrogen-bond acceptors (Lipinski definition) is 2. The zero-order valence-corrected chi connectivity index (χ0v) is 22.8. The Morgan fingerprint density at radius 3 is 1.97 bits per heavy atom. The van der Waals surface area contributed by atoms with Crippen LogP contribution in [0.4, 0.5) is 5.69 Å². The van der Waals surface area contributed by atoms with Crippen LogP contribution in [0.1, 0.15) is 103 Å². The summed E-state index contributed by atoms with van der Waals surface area (Å²) < 4.78 is 0. The maximum absolute atomic E-state index is 13.6. The third-order valence-electron chi connectivity index (χ3n) is 6.39. The van der Waals surface area contributed by atoms with E-state index in [0.29, 0.717) is 0 Å². The van der Waals surface area contributed by atoms with Crippen LogP contribution < -0.4 is 5.32 Å². The highest BCUT2D eigenvalue weighted by Crippen LogP contribution is 2.32. The lowest BCUT2D eigenvalue weighted by Gasteiger charge is -2.22. The molecule has 0 aromatic heterocycles. The summed E-state index contributed by atoms with van der Waals surface area (Å²) in [5.41, 5.74) is 6.37. The van der Waals surface area contributed by atoms with Crippen molar-refractivity contribution in [1.82, 2.24) is 0 Å². The van der Waals surface area contributed by atoms with Gasteiger partial charge in [-0.05, 0) is 65.5 Å². The average molecular weight is 468 g/mol. The molecule has 1 N–H and O–H groups in total. The molecule has 0 saturated carbocycles. The van der Waals surface area contributed by atoms with E-state index >= 15 is 0 Å². The van der Waals surface area contributed by atoms with Gasteiger partial charge in [-0.3, -0.25) is 4.79 Å². The Kier molecular flexibility index (Phi) is 11.0. The highest BCUT2D eigenvalue weighted by atomic mass is 32.2. The number of rotatable bonds is 12. The van der Waals surface area contributed by atoms with Crippen molar-refractivity contribution in [1.29, 1.82) is 0 Å². The Morgan fingerprint density at radius 1 is 0.879 bits per heavy atom. The van der Waals surface area contributed by atoms with Gasteiger partial charge in [0.2, 0.25) is 5.91 Å². The highest BCUT2D eigenvalue weighted by Gasteiger charge is 2.22. The number of anilines is 1. The monoisotopic (exact) mass is 467 g/mol. The summed E-state index contributed by atoms with van der Waals surface area (Å²) in [6.45, 7) is 15.5. The van der Waals surface area contributed by atoms with Gasteiger partial charge in [0.1, 0.15) is 0 Å². The standard InChI is InChI=1S/C30H45NOS/c1-8-12-13-14-15-27(33-26-18-16-25(17-19-26)30(5,6)7)29(32)31-28-23(10-3)20-22(9-2)21-24(28)11-4/h16-21,27H,8-15H2,1-7H3,(H,31,32). The third-order valence-corrected chi connectivity index (χ3v) is 7.67. The fraction of sp³-hybridized carbons (Fsp3) is 0.567. The van der Waals surface area contributed by atoms with Crippen molar-refractivity contribution in [2.75, 3.05) is 5.32 Å². The molecule has 1 amide bonds. The maximum atomic E-state index is 13.6. The Bertz CT molecular complexity index is 854. The maximum Gasteiger partial charge on any atom is 0.237 e. The van der Waals surface area contributed by atoms with Gasteiger partial charge in [0.05, 0.1) is 5.25 Å². The van der Waals surface area contributed by atoms with Gasteiger partial charge in [-0.2, -0.15) is 0 Å². The topological polar surface area (TPSA) is 29.1 Å². The summed E-state index contributed by atoms with van der Waals surface area (Å²) in [6, 6.07) is 13.3. The van der Waals surface area contributed by atoms with E-state index in [4.69, 9.17) is 0 Å². The van der Waals surface area contributed by atoms with Gasteiger partial charge in [-0.15, -0.1) is 11.8 Å². The molecule has 2 aromatic carbocycles. The summed E-state index contributed by atoms with van der Waals surface area (Å²) in [5, 5.41) is 3.29. The first-order valence-electron chi connectivity index (χ1n) is 13.0. The molecule has 1 atom stereocenters. The van der Waals surface area contributed by atoms with Crippen LogP contribution in [0, 0.1) is 0 Å². The molecule has 0 spiro atoms. The number of benzene rings is 2. The van der Waals surface area contributed by atoms with E-state index < -0.39 is 0 Å². The van der Waals surface area contributed by atoms with Crippen LogP contribution in [0.5, 0.6) is 0 Å². The molecule has 0 radical (unpaired) electrons. The fourth-order valence-corrected chi connectivity index (χ4v) is 5.24. The second-order valence-electron chi connectivity index (χ2n) is 10.1. The molecule has 2 aromatic rings. The van der Waals surface area contributed by atoms with Crippen LogP contribution in [-0.2, 0) is 29.5 Å². The lowest BCUT2D eigenvalue weighted by Crippen LogP contribution is -2.26. The summed E-state index contributed by atoms with van der Waals surface area (Å²) in [6.07, 6.45) is 8.52. The van der Waals surface area contributed by atoms with E-state index in [1.165, 1.54) is 46.4 Å². The van der Waals surface area contributed by atoms with E-state index in [2.05, 4.69) is 90.2 Å². The van der Waals surface area contributed by atoms with Gasteiger partial charge in [0, 0.05) is 10.6 Å². The average Bonchev–Trinajstić information content (AvgIpc) is 2.80. The number of nitrogens with one attached hydrogen (secondary N) is 1. The van der Waals surface area contributed by atoms with Crippen molar-refractivity contribution in [2.24, 2.45) is 0 Å². The number of hydrogen-bond donors (Lipinski definition) is 1. The van der Waals surface area contributed by atoms with Crippen LogP contribution in [0.3, 0.4) is 0 Å². The predicted molar refractivity (Wildman–Crippen MR) is 147 cm³/mol. The molecule has 2 nitrogen and oxygen atoms in total. The number of unbranched alkanes of at least 4 members (excludes halogenated alkanes) is 3. The van der Waals surface area contributed by atoms with Gasteiger partial charge in [-0.25, -0.2) is 0 Å². The molecule has 0 fully saturated rings. The third kappa shape index (κ3) is 8.21. The number of carbonyl (C=O) groups is 1. The summed E-state index contributed by atoms with van der Waals surface area (Å²) >= 11 is 1.72. The van der Waals surface area contributed by atoms with Crippen LogP contribution >= 0.6 is 11.8 Å². The van der Waals surface area contributed by atoms with Crippen molar-refractivity contribution in [3.05, 3.63) is 58.7 Å². The number of carbonyl (C=O) groups excluding carboxylic acids is 1. The number of thioether (sulfide) groups is 1. The number of amides is 1. The Labute approximate surface area is 207 Å². The molecule has 0 aliphatic heterocycles. The van der Waals surface area contributed by atoms with E-state index in [1.54, 1.807) is 11.8 Å². The zero-order valence-electron chi connectivity index (χ0n) is 22.0.